The highest BCUT2D eigenvalue weighted by atomic mass is 16.5. The number of allylic oxidation sites excluding steroid dienone is 4. The van der Waals surface area contributed by atoms with Crippen LogP contribution in [0.25, 0.3) is 5.57 Å². The van der Waals surface area contributed by atoms with Gasteiger partial charge in [0.25, 0.3) is 0 Å². The molecule has 0 saturated carbocycles. The van der Waals surface area contributed by atoms with Crippen molar-refractivity contribution in [2.75, 3.05) is 44.9 Å². The Morgan fingerprint density at radius 3 is 2.67 bits per heavy atom. The topological polar surface area (TPSA) is 47.0 Å². The smallest absolute Gasteiger partial charge is 0.130 e. The lowest BCUT2D eigenvalue weighted by Crippen LogP contribution is -2.44. The fourth-order valence-corrected chi connectivity index (χ4v) is 4.15. The van der Waals surface area contributed by atoms with E-state index in [1.165, 1.54) is 22.3 Å². The standard InChI is InChI=1S/C25H35N3O2/c1-7-8-21(17(2)3)25(26-6)24-19(5)22(20-9-12-29-13-10-20)15-23(27-24)28-11-14-30-16-18(28)4/h7-9,15,18H,10-14,16H2,1-6H3/b8-7-,26-25?. The molecule has 3 heterocycles. The number of hydrogen-bond donors (Lipinski definition) is 0. The molecule has 1 unspecified atom stereocenters. The van der Waals surface area contributed by atoms with Crippen LogP contribution in [0.4, 0.5) is 5.82 Å². The highest BCUT2D eigenvalue weighted by Gasteiger charge is 2.25. The number of aromatic nitrogens is 1. The van der Waals surface area contributed by atoms with Gasteiger partial charge in [0.1, 0.15) is 5.82 Å². The second kappa shape index (κ2) is 10.2. The molecule has 1 saturated heterocycles. The maximum Gasteiger partial charge on any atom is 0.130 e. The summed E-state index contributed by atoms with van der Waals surface area (Å²) in [6.45, 7) is 14.4. The van der Waals surface area contributed by atoms with Gasteiger partial charge in [0.2, 0.25) is 0 Å². The van der Waals surface area contributed by atoms with Crippen LogP contribution in [-0.2, 0) is 9.47 Å². The van der Waals surface area contributed by atoms with Crippen LogP contribution in [0.3, 0.4) is 0 Å². The first-order valence-electron chi connectivity index (χ1n) is 10.9. The molecule has 0 N–H and O–H groups in total. The van der Waals surface area contributed by atoms with Crippen LogP contribution in [-0.4, -0.2) is 56.8 Å². The third-order valence-electron chi connectivity index (χ3n) is 5.81. The van der Waals surface area contributed by atoms with Gasteiger partial charge in [-0.15, -0.1) is 0 Å². The van der Waals surface area contributed by atoms with Gasteiger partial charge in [-0.05, 0) is 63.8 Å². The molecule has 2 aliphatic heterocycles. The lowest BCUT2D eigenvalue weighted by molar-refractivity contribution is 0.0985. The van der Waals surface area contributed by atoms with Gasteiger partial charge in [0, 0.05) is 19.2 Å². The van der Waals surface area contributed by atoms with Crippen molar-refractivity contribution in [3.8, 4) is 0 Å². The van der Waals surface area contributed by atoms with Gasteiger partial charge in [-0.1, -0.05) is 23.8 Å². The molecule has 1 aromatic rings. The van der Waals surface area contributed by atoms with Crippen molar-refractivity contribution in [1.29, 1.82) is 0 Å². The summed E-state index contributed by atoms with van der Waals surface area (Å²) in [6.07, 6.45) is 7.33. The van der Waals surface area contributed by atoms with Gasteiger partial charge < -0.3 is 14.4 Å². The summed E-state index contributed by atoms with van der Waals surface area (Å²) in [4.78, 5) is 12.2. The minimum atomic E-state index is 0.291. The third kappa shape index (κ3) is 4.73. The van der Waals surface area contributed by atoms with Crippen LogP contribution >= 0.6 is 0 Å². The van der Waals surface area contributed by atoms with Gasteiger partial charge in [0.05, 0.1) is 43.9 Å². The average Bonchev–Trinajstić information content (AvgIpc) is 2.75. The van der Waals surface area contributed by atoms with E-state index in [1.807, 2.05) is 14.0 Å². The summed E-state index contributed by atoms with van der Waals surface area (Å²) >= 11 is 0. The van der Waals surface area contributed by atoms with Gasteiger partial charge in [-0.25, -0.2) is 4.98 Å². The number of morpholine rings is 1. The minimum absolute atomic E-state index is 0.291. The molecule has 0 radical (unpaired) electrons. The van der Waals surface area contributed by atoms with E-state index in [2.05, 4.69) is 56.9 Å². The second-order valence-electron chi connectivity index (χ2n) is 8.16. The number of rotatable bonds is 5. The molecule has 5 nitrogen and oxygen atoms in total. The summed E-state index contributed by atoms with van der Waals surface area (Å²) < 4.78 is 11.2. The predicted molar refractivity (Wildman–Crippen MR) is 126 cm³/mol. The molecule has 2 aliphatic rings. The molecule has 0 bridgehead atoms. The SMILES string of the molecule is C/C=C\C(C(=NC)c1nc(N2CCOCC2C)cc(C2=CCOCC2)c1C)=C(C)C. The van der Waals surface area contributed by atoms with Gasteiger partial charge >= 0.3 is 0 Å². The lowest BCUT2D eigenvalue weighted by Gasteiger charge is -2.35. The average molecular weight is 410 g/mol. The van der Waals surface area contributed by atoms with E-state index in [1.54, 1.807) is 0 Å². The van der Waals surface area contributed by atoms with E-state index in [9.17, 15) is 0 Å². The quantitative estimate of drug-likeness (QED) is 0.520. The fraction of sp³-hybridized carbons (Fsp3) is 0.520. The molecule has 1 fully saturated rings. The normalized spacial score (nSPS) is 20.5. The van der Waals surface area contributed by atoms with Gasteiger partial charge in [0.15, 0.2) is 0 Å². The monoisotopic (exact) mass is 409 g/mol. The molecule has 162 valence electrons. The molecule has 1 atom stereocenters. The summed E-state index contributed by atoms with van der Waals surface area (Å²) in [5.74, 6) is 1.00. The van der Waals surface area contributed by atoms with Crippen LogP contribution in [0.5, 0.6) is 0 Å². The number of pyridine rings is 1. The first kappa shape index (κ1) is 22.4. The van der Waals surface area contributed by atoms with E-state index in [0.29, 0.717) is 12.6 Å². The number of nitrogens with zero attached hydrogens (tertiary/aromatic N) is 3. The van der Waals surface area contributed by atoms with Crippen LogP contribution in [0.15, 0.2) is 40.4 Å². The first-order valence-corrected chi connectivity index (χ1v) is 10.9. The minimum Gasteiger partial charge on any atom is -0.377 e. The van der Waals surface area contributed by atoms with Crippen LogP contribution in [0.1, 0.15) is 50.9 Å². The Morgan fingerprint density at radius 1 is 1.27 bits per heavy atom. The zero-order valence-electron chi connectivity index (χ0n) is 19.3. The molecule has 5 heteroatoms. The van der Waals surface area contributed by atoms with Crippen LogP contribution in [0, 0.1) is 6.92 Å². The number of aliphatic imine (C=N–C) groups is 1. The number of anilines is 1. The van der Waals surface area contributed by atoms with E-state index in [0.717, 1.165) is 55.6 Å². The van der Waals surface area contributed by atoms with E-state index in [-0.39, 0.29) is 0 Å². The Morgan fingerprint density at radius 2 is 2.07 bits per heavy atom. The Kier molecular flexibility index (Phi) is 7.62. The lowest BCUT2D eigenvalue weighted by atomic mass is 9.92. The highest BCUT2D eigenvalue weighted by Crippen LogP contribution is 2.32. The van der Waals surface area contributed by atoms with Crippen molar-refractivity contribution in [2.24, 2.45) is 4.99 Å². The number of ether oxygens (including phenoxy) is 2. The second-order valence-corrected chi connectivity index (χ2v) is 8.16. The summed E-state index contributed by atoms with van der Waals surface area (Å²) in [5, 5.41) is 0. The summed E-state index contributed by atoms with van der Waals surface area (Å²) in [7, 11) is 1.86. The molecule has 0 aromatic carbocycles. The van der Waals surface area contributed by atoms with Crippen LogP contribution in [0.2, 0.25) is 0 Å². The molecule has 0 aliphatic carbocycles. The third-order valence-corrected chi connectivity index (χ3v) is 5.81. The molecule has 0 spiro atoms. The van der Waals surface area contributed by atoms with Crippen molar-refractivity contribution >= 4 is 17.1 Å². The van der Waals surface area contributed by atoms with Crippen molar-refractivity contribution < 1.29 is 9.47 Å². The number of hydrogen-bond acceptors (Lipinski definition) is 5. The Bertz CT molecular complexity index is 892. The fourth-order valence-electron chi connectivity index (χ4n) is 4.15. The zero-order chi connectivity index (χ0) is 21.7. The molecule has 3 rings (SSSR count). The van der Waals surface area contributed by atoms with E-state index >= 15 is 0 Å². The molecule has 30 heavy (non-hydrogen) atoms. The summed E-state index contributed by atoms with van der Waals surface area (Å²) in [6, 6.07) is 2.54. The molecule has 1 aromatic heterocycles. The van der Waals surface area contributed by atoms with Gasteiger partial charge in [-0.2, -0.15) is 0 Å². The van der Waals surface area contributed by atoms with Crippen LogP contribution < -0.4 is 4.90 Å². The van der Waals surface area contributed by atoms with Gasteiger partial charge in [-0.3, -0.25) is 4.99 Å². The molecular weight excluding hydrogens is 374 g/mol. The van der Waals surface area contributed by atoms with E-state index < -0.39 is 0 Å². The molecular formula is C25H35N3O2. The van der Waals surface area contributed by atoms with E-state index in [4.69, 9.17) is 19.5 Å². The maximum absolute atomic E-state index is 5.67. The Balaban J connectivity index is 2.21. The zero-order valence-corrected chi connectivity index (χ0v) is 19.3. The Labute approximate surface area is 181 Å². The Hall–Kier alpha value is -2.24. The highest BCUT2D eigenvalue weighted by molar-refractivity contribution is 6.15. The molecule has 0 amide bonds. The predicted octanol–water partition coefficient (Wildman–Crippen LogP) is 4.75. The summed E-state index contributed by atoms with van der Waals surface area (Å²) in [5.41, 5.74) is 8.04. The first-order chi connectivity index (χ1) is 14.5. The van der Waals surface area contributed by atoms with Crippen molar-refractivity contribution in [3.05, 3.63) is 52.3 Å². The van der Waals surface area contributed by atoms with Crippen molar-refractivity contribution in [2.45, 2.75) is 47.1 Å². The van der Waals surface area contributed by atoms with Crippen molar-refractivity contribution in [1.82, 2.24) is 4.98 Å². The van der Waals surface area contributed by atoms with Crippen molar-refractivity contribution in [3.63, 3.8) is 0 Å². The maximum atomic E-state index is 5.67. The largest absolute Gasteiger partial charge is 0.377 e.